The molecule has 1 N–H and O–H groups in total. The maximum absolute atomic E-state index is 12.4. The number of carboxylic acid groups (broad SMARTS) is 1. The molecule has 0 aliphatic carbocycles. The normalized spacial score (nSPS) is 14.1. The first-order valence-corrected chi connectivity index (χ1v) is 6.90. The second kappa shape index (κ2) is 6.55. The van der Waals surface area contributed by atoms with Crippen LogP contribution >= 0.6 is 0 Å². The van der Waals surface area contributed by atoms with Crippen molar-refractivity contribution in [2.24, 2.45) is 5.92 Å². The lowest BCUT2D eigenvalue weighted by Gasteiger charge is -2.23. The second-order valence-corrected chi connectivity index (χ2v) is 5.13. The zero-order valence-corrected chi connectivity index (χ0v) is 12.8. The van der Waals surface area contributed by atoms with E-state index >= 15 is 0 Å². The highest BCUT2D eigenvalue weighted by atomic mass is 16.6. The standard InChI is InChI=1S/C15H19NO6/c1-9(15(18)19)8-16(2)14(17)10-6-11(20-3)13-12(7-10)21-4-5-22-13/h6-7,9H,4-5,8H2,1-3H3,(H,18,19)/t9-/m0/s1. The van der Waals surface area contributed by atoms with Crippen LogP contribution in [0.4, 0.5) is 0 Å². The average molecular weight is 309 g/mol. The Morgan fingerprint density at radius 2 is 2.05 bits per heavy atom. The summed E-state index contributed by atoms with van der Waals surface area (Å²) in [4.78, 5) is 24.7. The Morgan fingerprint density at radius 3 is 2.68 bits per heavy atom. The van der Waals surface area contributed by atoms with E-state index in [2.05, 4.69) is 0 Å². The fourth-order valence-electron chi connectivity index (χ4n) is 2.19. The summed E-state index contributed by atoms with van der Waals surface area (Å²) in [6.45, 7) is 2.49. The lowest BCUT2D eigenvalue weighted by atomic mass is 10.1. The molecule has 1 aliphatic heterocycles. The highest BCUT2D eigenvalue weighted by Gasteiger charge is 2.24. The third-order valence-electron chi connectivity index (χ3n) is 3.39. The molecule has 0 fully saturated rings. The summed E-state index contributed by atoms with van der Waals surface area (Å²) in [5.74, 6) is -0.545. The number of fused-ring (bicyclic) bond motifs is 1. The predicted octanol–water partition coefficient (Wildman–Crippen LogP) is 1.26. The lowest BCUT2D eigenvalue weighted by Crippen LogP contribution is -2.33. The molecule has 1 atom stereocenters. The number of nitrogens with zero attached hydrogens (tertiary/aromatic N) is 1. The van der Waals surface area contributed by atoms with Crippen molar-refractivity contribution in [3.63, 3.8) is 0 Å². The first-order valence-electron chi connectivity index (χ1n) is 6.90. The number of carboxylic acids is 1. The number of amides is 1. The Hall–Kier alpha value is -2.44. The fraction of sp³-hybridized carbons (Fsp3) is 0.467. The largest absolute Gasteiger partial charge is 0.493 e. The van der Waals surface area contributed by atoms with Gasteiger partial charge in [0.25, 0.3) is 5.91 Å². The Balaban J connectivity index is 2.24. The molecule has 7 heteroatoms. The van der Waals surface area contributed by atoms with E-state index in [4.69, 9.17) is 19.3 Å². The van der Waals surface area contributed by atoms with E-state index < -0.39 is 11.9 Å². The molecule has 0 saturated heterocycles. The van der Waals surface area contributed by atoms with Crippen molar-refractivity contribution in [2.45, 2.75) is 6.92 Å². The van der Waals surface area contributed by atoms with Gasteiger partial charge in [-0.05, 0) is 12.1 Å². The number of aliphatic carboxylic acids is 1. The van der Waals surface area contributed by atoms with Crippen LogP contribution in [0.3, 0.4) is 0 Å². The SMILES string of the molecule is COc1cc(C(=O)N(C)C[C@H](C)C(=O)O)cc2c1OCCO2. The van der Waals surface area contributed by atoms with E-state index in [1.807, 2.05) is 0 Å². The first-order chi connectivity index (χ1) is 10.4. The van der Waals surface area contributed by atoms with Gasteiger partial charge in [0.2, 0.25) is 5.75 Å². The van der Waals surface area contributed by atoms with Gasteiger partial charge in [0, 0.05) is 19.2 Å². The highest BCUT2D eigenvalue weighted by molar-refractivity contribution is 5.95. The number of ether oxygens (including phenoxy) is 3. The third kappa shape index (κ3) is 3.24. The molecular formula is C15H19NO6. The lowest BCUT2D eigenvalue weighted by molar-refractivity contribution is -0.141. The van der Waals surface area contributed by atoms with Crippen LogP contribution < -0.4 is 14.2 Å². The molecular weight excluding hydrogens is 290 g/mol. The Kier molecular flexibility index (Phi) is 4.75. The van der Waals surface area contributed by atoms with Gasteiger partial charge in [-0.15, -0.1) is 0 Å². The van der Waals surface area contributed by atoms with Gasteiger partial charge in [0.1, 0.15) is 13.2 Å². The molecule has 22 heavy (non-hydrogen) atoms. The molecule has 0 spiro atoms. The zero-order valence-electron chi connectivity index (χ0n) is 12.8. The molecule has 1 amide bonds. The van der Waals surface area contributed by atoms with Crippen LogP contribution in [-0.4, -0.2) is 55.8 Å². The summed E-state index contributed by atoms with van der Waals surface area (Å²) in [7, 11) is 3.04. The Labute approximate surface area is 128 Å². The van der Waals surface area contributed by atoms with Crippen LogP contribution in [0.15, 0.2) is 12.1 Å². The van der Waals surface area contributed by atoms with Gasteiger partial charge in [-0.1, -0.05) is 6.92 Å². The molecule has 1 aromatic carbocycles. The van der Waals surface area contributed by atoms with Crippen molar-refractivity contribution >= 4 is 11.9 Å². The number of carbonyl (C=O) groups is 2. The Bertz CT molecular complexity index is 568. The number of carbonyl (C=O) groups excluding carboxylic acids is 1. The summed E-state index contributed by atoms with van der Waals surface area (Å²) in [5.41, 5.74) is 0.362. The van der Waals surface area contributed by atoms with E-state index in [0.29, 0.717) is 36.0 Å². The van der Waals surface area contributed by atoms with E-state index in [0.717, 1.165) is 0 Å². The fourth-order valence-corrected chi connectivity index (χ4v) is 2.19. The van der Waals surface area contributed by atoms with Crippen molar-refractivity contribution in [3.05, 3.63) is 17.7 Å². The maximum atomic E-state index is 12.4. The van der Waals surface area contributed by atoms with E-state index in [-0.39, 0.29) is 12.5 Å². The average Bonchev–Trinajstić information content (AvgIpc) is 2.52. The van der Waals surface area contributed by atoms with Crippen LogP contribution in [-0.2, 0) is 4.79 Å². The highest BCUT2D eigenvalue weighted by Crippen LogP contribution is 2.40. The molecule has 0 unspecified atom stereocenters. The number of hydrogen-bond donors (Lipinski definition) is 1. The van der Waals surface area contributed by atoms with Gasteiger partial charge in [-0.2, -0.15) is 0 Å². The Morgan fingerprint density at radius 1 is 1.36 bits per heavy atom. The monoisotopic (exact) mass is 309 g/mol. The molecule has 1 heterocycles. The van der Waals surface area contributed by atoms with Crippen molar-refractivity contribution < 1.29 is 28.9 Å². The van der Waals surface area contributed by atoms with Crippen LogP contribution in [0.1, 0.15) is 17.3 Å². The minimum absolute atomic E-state index is 0.116. The van der Waals surface area contributed by atoms with Gasteiger partial charge >= 0.3 is 5.97 Å². The molecule has 0 saturated carbocycles. The maximum Gasteiger partial charge on any atom is 0.308 e. The van der Waals surface area contributed by atoms with Gasteiger partial charge in [-0.3, -0.25) is 9.59 Å². The topological polar surface area (TPSA) is 85.3 Å². The summed E-state index contributed by atoms with van der Waals surface area (Å²) < 4.78 is 16.2. The van der Waals surface area contributed by atoms with Crippen LogP contribution in [0.2, 0.25) is 0 Å². The van der Waals surface area contributed by atoms with Gasteiger partial charge in [-0.25, -0.2) is 0 Å². The smallest absolute Gasteiger partial charge is 0.308 e. The molecule has 0 radical (unpaired) electrons. The quantitative estimate of drug-likeness (QED) is 0.881. The molecule has 2 rings (SSSR count). The van der Waals surface area contributed by atoms with E-state index in [9.17, 15) is 9.59 Å². The third-order valence-corrected chi connectivity index (χ3v) is 3.39. The number of benzene rings is 1. The predicted molar refractivity (Wildman–Crippen MR) is 77.7 cm³/mol. The van der Waals surface area contributed by atoms with Crippen LogP contribution in [0.25, 0.3) is 0 Å². The molecule has 0 bridgehead atoms. The van der Waals surface area contributed by atoms with Crippen molar-refractivity contribution in [1.82, 2.24) is 4.90 Å². The summed E-state index contributed by atoms with van der Waals surface area (Å²) in [6.07, 6.45) is 0. The number of hydrogen-bond acceptors (Lipinski definition) is 5. The van der Waals surface area contributed by atoms with E-state index in [1.54, 1.807) is 26.1 Å². The first kappa shape index (κ1) is 15.9. The number of rotatable bonds is 5. The van der Waals surface area contributed by atoms with Crippen molar-refractivity contribution in [1.29, 1.82) is 0 Å². The summed E-state index contributed by atoms with van der Waals surface area (Å²) in [5, 5.41) is 8.93. The summed E-state index contributed by atoms with van der Waals surface area (Å²) >= 11 is 0. The minimum atomic E-state index is -0.945. The van der Waals surface area contributed by atoms with Crippen LogP contribution in [0, 0.1) is 5.92 Å². The molecule has 1 aromatic rings. The minimum Gasteiger partial charge on any atom is -0.493 e. The summed E-state index contributed by atoms with van der Waals surface area (Å²) in [6, 6.07) is 3.15. The molecule has 0 aromatic heterocycles. The zero-order chi connectivity index (χ0) is 16.3. The van der Waals surface area contributed by atoms with Gasteiger partial charge < -0.3 is 24.2 Å². The molecule has 120 valence electrons. The van der Waals surface area contributed by atoms with Gasteiger partial charge in [0.05, 0.1) is 13.0 Å². The van der Waals surface area contributed by atoms with Gasteiger partial charge in [0.15, 0.2) is 11.5 Å². The van der Waals surface area contributed by atoms with Crippen molar-refractivity contribution in [3.8, 4) is 17.2 Å². The second-order valence-electron chi connectivity index (χ2n) is 5.13. The van der Waals surface area contributed by atoms with Crippen LogP contribution in [0.5, 0.6) is 17.2 Å². The number of methoxy groups -OCH3 is 1. The molecule has 1 aliphatic rings. The van der Waals surface area contributed by atoms with Crippen molar-refractivity contribution in [2.75, 3.05) is 33.9 Å². The molecule has 7 nitrogen and oxygen atoms in total. The van der Waals surface area contributed by atoms with E-state index in [1.165, 1.54) is 12.0 Å².